The van der Waals surface area contributed by atoms with Gasteiger partial charge in [-0.1, -0.05) is 6.07 Å². The lowest BCUT2D eigenvalue weighted by Gasteiger charge is -2.33. The van der Waals surface area contributed by atoms with Gasteiger partial charge in [0.05, 0.1) is 12.9 Å². The molecule has 0 saturated carbocycles. The molecule has 16 heteroatoms. The van der Waals surface area contributed by atoms with Crippen LogP contribution in [0.4, 0.5) is 16.3 Å². The van der Waals surface area contributed by atoms with E-state index < -0.39 is 30.6 Å². The van der Waals surface area contributed by atoms with Gasteiger partial charge in [0.2, 0.25) is 5.91 Å². The lowest BCUT2D eigenvalue weighted by molar-refractivity contribution is -0.117. The van der Waals surface area contributed by atoms with Gasteiger partial charge in [-0.2, -0.15) is 0 Å². The number of hydrogen-bond acceptors (Lipinski definition) is 12. The fourth-order valence-corrected chi connectivity index (χ4v) is 5.25. The van der Waals surface area contributed by atoms with E-state index in [-0.39, 0.29) is 30.8 Å². The lowest BCUT2D eigenvalue weighted by Crippen LogP contribution is -2.51. The van der Waals surface area contributed by atoms with Crippen molar-refractivity contribution < 1.29 is 34.1 Å². The number of hydrogen-bond donors (Lipinski definition) is 5. The number of benzene rings is 1. The summed E-state index contributed by atoms with van der Waals surface area (Å²) in [5.41, 5.74) is 8.42. The van der Waals surface area contributed by atoms with Gasteiger partial charge >= 0.3 is 6.09 Å². The molecule has 1 aromatic carbocycles. The van der Waals surface area contributed by atoms with E-state index in [1.165, 1.54) is 22.1 Å². The second-order valence-electron chi connectivity index (χ2n) is 10.0. The summed E-state index contributed by atoms with van der Waals surface area (Å²) in [5.74, 6) is -0.201. The molecule has 0 unspecified atom stereocenters. The Morgan fingerprint density at radius 1 is 1.15 bits per heavy atom. The number of amides is 3. The van der Waals surface area contributed by atoms with Crippen molar-refractivity contribution in [3.05, 3.63) is 42.0 Å². The van der Waals surface area contributed by atoms with Crippen molar-refractivity contribution in [3.8, 4) is 0 Å². The lowest BCUT2D eigenvalue weighted by atomic mass is 10.1. The van der Waals surface area contributed by atoms with Gasteiger partial charge in [0.1, 0.15) is 36.8 Å². The van der Waals surface area contributed by atoms with E-state index in [1.807, 2.05) is 4.90 Å². The zero-order valence-corrected chi connectivity index (χ0v) is 21.8. The van der Waals surface area contributed by atoms with Crippen LogP contribution in [0.2, 0.25) is 0 Å². The molecular formula is C25H29N9O7. The number of anilines is 2. The largest absolute Gasteiger partial charge is 0.447 e. The van der Waals surface area contributed by atoms with Crippen LogP contribution in [-0.2, 0) is 20.8 Å². The minimum Gasteiger partial charge on any atom is -0.447 e. The molecule has 3 aliphatic rings. The summed E-state index contributed by atoms with van der Waals surface area (Å²) in [6.07, 6.45) is -2.59. The van der Waals surface area contributed by atoms with Gasteiger partial charge in [0.15, 0.2) is 17.7 Å². The fourth-order valence-electron chi connectivity index (χ4n) is 5.25. The third-order valence-corrected chi connectivity index (χ3v) is 7.49. The van der Waals surface area contributed by atoms with Crippen LogP contribution in [0.5, 0.6) is 0 Å². The summed E-state index contributed by atoms with van der Waals surface area (Å²) in [6, 6.07) is 5.21. The highest BCUT2D eigenvalue weighted by molar-refractivity contribution is 6.02. The average molecular weight is 568 g/mol. The van der Waals surface area contributed by atoms with Gasteiger partial charge in [-0.05, 0) is 12.1 Å². The number of aliphatic hydroxyl groups excluding tert-OH is 2. The number of carbonyl (C=O) groups excluding carboxylic acids is 3. The highest BCUT2D eigenvalue weighted by Gasteiger charge is 2.45. The molecule has 16 nitrogen and oxygen atoms in total. The van der Waals surface area contributed by atoms with Crippen molar-refractivity contribution in [1.82, 2.24) is 34.6 Å². The van der Waals surface area contributed by atoms with Crippen LogP contribution in [0.3, 0.4) is 0 Å². The minimum absolute atomic E-state index is 0.134. The van der Waals surface area contributed by atoms with Crippen molar-refractivity contribution in [2.75, 3.05) is 50.4 Å². The predicted molar refractivity (Wildman–Crippen MR) is 141 cm³/mol. The van der Waals surface area contributed by atoms with E-state index in [2.05, 4.69) is 25.6 Å². The molecule has 4 atom stereocenters. The van der Waals surface area contributed by atoms with Crippen LogP contribution < -0.4 is 16.4 Å². The maximum atomic E-state index is 12.7. The van der Waals surface area contributed by atoms with Crippen LogP contribution in [0.15, 0.2) is 30.9 Å². The Hall–Kier alpha value is -4.38. The number of imidazole rings is 1. The number of ether oxygens (including phenoxy) is 2. The van der Waals surface area contributed by atoms with E-state index >= 15 is 0 Å². The first-order chi connectivity index (χ1) is 19.8. The maximum Gasteiger partial charge on any atom is 0.409 e. The molecule has 2 saturated heterocycles. The molecule has 3 aliphatic heterocycles. The number of nitrogens with one attached hydrogen (secondary N) is 2. The zero-order valence-electron chi connectivity index (χ0n) is 21.8. The molecule has 6 N–H and O–H groups in total. The second kappa shape index (κ2) is 10.9. The normalized spacial score (nSPS) is 24.3. The number of nitrogens with two attached hydrogens (primary N) is 1. The van der Waals surface area contributed by atoms with Crippen LogP contribution in [0, 0.1) is 0 Å². The van der Waals surface area contributed by atoms with E-state index in [9.17, 15) is 24.6 Å². The molecule has 0 radical (unpaired) electrons. The van der Waals surface area contributed by atoms with E-state index in [1.54, 1.807) is 18.2 Å². The Morgan fingerprint density at radius 3 is 2.76 bits per heavy atom. The summed E-state index contributed by atoms with van der Waals surface area (Å²) < 4.78 is 12.6. The Kier molecular flexibility index (Phi) is 7.12. The molecule has 41 heavy (non-hydrogen) atoms. The maximum absolute atomic E-state index is 12.7. The highest BCUT2D eigenvalue weighted by atomic mass is 16.6. The smallest absolute Gasteiger partial charge is 0.409 e. The van der Waals surface area contributed by atoms with Crippen molar-refractivity contribution in [2.45, 2.75) is 31.1 Å². The highest BCUT2D eigenvalue weighted by Crippen LogP contribution is 2.32. The SMILES string of the molecule is Nc1ncnc2c1ncn2[C@@H]1O[C@H](COC(=O)N2CCN(CC(=O)Nc3cccc4c3CNC4=O)CC2)[C@@H](O)[C@H]1O. The molecule has 2 fully saturated rings. The van der Waals surface area contributed by atoms with Crippen LogP contribution in [-0.4, -0.2) is 115 Å². The molecule has 5 heterocycles. The summed E-state index contributed by atoms with van der Waals surface area (Å²) in [4.78, 5) is 52.8. The topological polar surface area (TPSA) is 210 Å². The summed E-state index contributed by atoms with van der Waals surface area (Å²) in [5, 5.41) is 26.7. The Balaban J connectivity index is 0.973. The van der Waals surface area contributed by atoms with Crippen molar-refractivity contribution in [1.29, 1.82) is 0 Å². The van der Waals surface area contributed by atoms with Crippen LogP contribution in [0.1, 0.15) is 22.1 Å². The first kappa shape index (κ1) is 26.8. The van der Waals surface area contributed by atoms with E-state index in [4.69, 9.17) is 15.2 Å². The van der Waals surface area contributed by atoms with Gasteiger partial charge in [-0.3, -0.25) is 19.1 Å². The Bertz CT molecular complexity index is 1490. The number of piperazine rings is 1. The standard InChI is InChI=1S/C25H29N9O7/c26-21-18-22(29-11-28-21)34(12-30-18)24-20(37)19(36)16(41-24)10-40-25(39)33-6-4-32(5-7-33)9-17(35)31-15-3-1-2-13-14(15)8-27-23(13)38/h1-3,11-12,16,19-20,24,36-37H,4-10H2,(H,27,38)(H,31,35)(H2,26,28,29)/t16-,19-,20-,24-/m1/s1. The second-order valence-corrected chi connectivity index (χ2v) is 10.0. The number of aliphatic hydroxyl groups is 2. The predicted octanol–water partition coefficient (Wildman–Crippen LogP) is -1.34. The van der Waals surface area contributed by atoms with Gasteiger partial charge in [0, 0.05) is 49.5 Å². The molecular weight excluding hydrogens is 538 g/mol. The zero-order chi connectivity index (χ0) is 28.7. The first-order valence-corrected chi connectivity index (χ1v) is 13.1. The van der Waals surface area contributed by atoms with E-state index in [0.29, 0.717) is 55.1 Å². The average Bonchev–Trinajstić information content (AvgIpc) is 3.65. The number of aromatic nitrogens is 4. The molecule has 216 valence electrons. The first-order valence-electron chi connectivity index (χ1n) is 13.1. The monoisotopic (exact) mass is 567 g/mol. The Labute approximate surface area is 233 Å². The van der Waals surface area contributed by atoms with Crippen molar-refractivity contribution >= 4 is 40.6 Å². The fraction of sp³-hybridized carbons (Fsp3) is 0.440. The van der Waals surface area contributed by atoms with Crippen LogP contribution in [0.25, 0.3) is 11.2 Å². The summed E-state index contributed by atoms with van der Waals surface area (Å²) in [6.45, 7) is 1.82. The van der Waals surface area contributed by atoms with Crippen molar-refractivity contribution in [3.63, 3.8) is 0 Å². The van der Waals surface area contributed by atoms with Gasteiger partial charge < -0.3 is 41.0 Å². The number of fused-ring (bicyclic) bond motifs is 2. The third-order valence-electron chi connectivity index (χ3n) is 7.49. The summed E-state index contributed by atoms with van der Waals surface area (Å²) >= 11 is 0. The van der Waals surface area contributed by atoms with E-state index in [0.717, 1.165) is 5.56 Å². The molecule has 0 spiro atoms. The molecule has 3 aromatic rings. The number of rotatable bonds is 6. The summed E-state index contributed by atoms with van der Waals surface area (Å²) in [7, 11) is 0. The third kappa shape index (κ3) is 5.13. The van der Waals surface area contributed by atoms with Crippen LogP contribution >= 0.6 is 0 Å². The molecule has 0 bridgehead atoms. The molecule has 6 rings (SSSR count). The number of carbonyl (C=O) groups is 3. The van der Waals surface area contributed by atoms with Gasteiger partial charge in [0.25, 0.3) is 5.91 Å². The molecule has 3 amide bonds. The number of nitrogens with zero attached hydrogens (tertiary/aromatic N) is 6. The molecule has 2 aromatic heterocycles. The Morgan fingerprint density at radius 2 is 1.95 bits per heavy atom. The quantitative estimate of drug-likeness (QED) is 0.234. The van der Waals surface area contributed by atoms with Gasteiger partial charge in [-0.25, -0.2) is 19.7 Å². The van der Waals surface area contributed by atoms with Crippen molar-refractivity contribution in [2.24, 2.45) is 0 Å². The number of nitrogen functional groups attached to an aromatic ring is 1. The van der Waals surface area contributed by atoms with Gasteiger partial charge in [-0.15, -0.1) is 0 Å². The molecule has 0 aliphatic carbocycles. The minimum atomic E-state index is -1.32.